The number of aromatic nitrogens is 5. The van der Waals surface area contributed by atoms with Gasteiger partial charge in [-0.1, -0.05) is 15.9 Å². The molecule has 3 aromatic rings. The first kappa shape index (κ1) is 12.6. The topological polar surface area (TPSA) is 48.5 Å². The van der Waals surface area contributed by atoms with E-state index in [9.17, 15) is 0 Å². The summed E-state index contributed by atoms with van der Waals surface area (Å²) in [4.78, 5) is 8.77. The molecule has 0 saturated carbocycles. The highest BCUT2D eigenvalue weighted by Crippen LogP contribution is 2.22. The minimum Gasteiger partial charge on any atom is -0.319 e. The van der Waals surface area contributed by atoms with Gasteiger partial charge >= 0.3 is 0 Å². The summed E-state index contributed by atoms with van der Waals surface area (Å²) < 4.78 is 4.73. The number of hydrogen-bond acceptors (Lipinski definition) is 3. The zero-order chi connectivity index (χ0) is 13.4. The van der Waals surface area contributed by atoms with Gasteiger partial charge in [-0.2, -0.15) is 5.10 Å². The number of imidazole rings is 1. The second kappa shape index (κ2) is 4.94. The zero-order valence-electron chi connectivity index (χ0n) is 10.2. The molecule has 1 aromatic carbocycles. The van der Waals surface area contributed by atoms with E-state index < -0.39 is 0 Å². The van der Waals surface area contributed by atoms with Crippen LogP contribution in [0.3, 0.4) is 0 Å². The van der Waals surface area contributed by atoms with Gasteiger partial charge in [0.2, 0.25) is 0 Å². The molecule has 3 rings (SSSR count). The Hall–Kier alpha value is -1.40. The van der Waals surface area contributed by atoms with Crippen LogP contribution in [-0.4, -0.2) is 24.3 Å². The van der Waals surface area contributed by atoms with Crippen LogP contribution in [0, 0.1) is 0 Å². The zero-order valence-corrected chi connectivity index (χ0v) is 12.6. The Balaban J connectivity index is 2.10. The Bertz CT molecular complexity index is 733. The maximum absolute atomic E-state index is 5.97. The van der Waals surface area contributed by atoms with Crippen molar-refractivity contribution >= 4 is 38.6 Å². The molecule has 0 saturated heterocycles. The summed E-state index contributed by atoms with van der Waals surface area (Å²) in [6.07, 6.45) is 1.69. The average molecular weight is 341 g/mol. The largest absolute Gasteiger partial charge is 0.319 e. The predicted octanol–water partition coefficient (Wildman–Crippen LogP) is 2.71. The predicted molar refractivity (Wildman–Crippen MR) is 77.1 cm³/mol. The number of alkyl halides is 1. The second-order valence-electron chi connectivity index (χ2n) is 4.22. The van der Waals surface area contributed by atoms with Gasteiger partial charge in [-0.25, -0.2) is 9.97 Å². The normalized spacial score (nSPS) is 11.3. The third-order valence-corrected chi connectivity index (χ3v) is 3.59. The molecule has 98 valence electrons. The summed E-state index contributed by atoms with van der Waals surface area (Å²) in [6, 6.07) is 5.99. The van der Waals surface area contributed by atoms with Gasteiger partial charge < -0.3 is 4.57 Å². The monoisotopic (exact) mass is 339 g/mol. The summed E-state index contributed by atoms with van der Waals surface area (Å²) >= 11 is 9.42. The summed E-state index contributed by atoms with van der Waals surface area (Å²) in [5, 5.41) is 4.29. The number of halogens is 2. The highest BCUT2D eigenvalue weighted by Gasteiger charge is 2.12. The molecule has 19 heavy (non-hydrogen) atoms. The number of benzene rings is 1. The van der Waals surface area contributed by atoms with Crippen LogP contribution in [0.15, 0.2) is 29.0 Å². The van der Waals surface area contributed by atoms with Gasteiger partial charge in [0.05, 0.1) is 23.5 Å². The Morgan fingerprint density at radius 1 is 1.37 bits per heavy atom. The van der Waals surface area contributed by atoms with E-state index in [4.69, 9.17) is 11.6 Å². The van der Waals surface area contributed by atoms with Crippen molar-refractivity contribution in [1.82, 2.24) is 24.3 Å². The van der Waals surface area contributed by atoms with Crippen molar-refractivity contribution in [3.05, 3.63) is 40.6 Å². The molecule has 2 aromatic heterocycles. The highest BCUT2D eigenvalue weighted by atomic mass is 79.9. The van der Waals surface area contributed by atoms with E-state index in [2.05, 4.69) is 31.0 Å². The number of hydrogen-bond donors (Lipinski definition) is 0. The fourth-order valence-corrected chi connectivity index (χ4v) is 2.58. The third kappa shape index (κ3) is 2.37. The van der Waals surface area contributed by atoms with Crippen LogP contribution in [-0.2, 0) is 19.5 Å². The van der Waals surface area contributed by atoms with E-state index in [0.29, 0.717) is 12.4 Å². The Labute approximate surface area is 123 Å². The minimum atomic E-state index is 0.360. The van der Waals surface area contributed by atoms with Crippen LogP contribution < -0.4 is 0 Å². The minimum absolute atomic E-state index is 0.360. The SMILES string of the molecule is Cn1cnc(Cn2c(CCl)nc3cc(Br)ccc32)n1. The van der Waals surface area contributed by atoms with Gasteiger partial charge in [0.25, 0.3) is 0 Å². The first-order chi connectivity index (χ1) is 9.17. The van der Waals surface area contributed by atoms with E-state index in [1.165, 1.54) is 0 Å². The molecule has 0 spiro atoms. The van der Waals surface area contributed by atoms with Crippen molar-refractivity contribution in [2.75, 3.05) is 0 Å². The Morgan fingerprint density at radius 2 is 2.21 bits per heavy atom. The van der Waals surface area contributed by atoms with Crippen molar-refractivity contribution in [2.45, 2.75) is 12.4 Å². The molecule has 0 bridgehead atoms. The van der Waals surface area contributed by atoms with Gasteiger partial charge in [-0.3, -0.25) is 4.68 Å². The molecule has 5 nitrogen and oxygen atoms in total. The van der Waals surface area contributed by atoms with E-state index in [1.54, 1.807) is 11.0 Å². The quantitative estimate of drug-likeness (QED) is 0.689. The van der Waals surface area contributed by atoms with E-state index in [0.717, 1.165) is 27.2 Å². The van der Waals surface area contributed by atoms with E-state index in [-0.39, 0.29) is 0 Å². The lowest BCUT2D eigenvalue weighted by atomic mass is 10.3. The molecular weight excluding hydrogens is 330 g/mol. The van der Waals surface area contributed by atoms with E-state index in [1.807, 2.05) is 29.8 Å². The van der Waals surface area contributed by atoms with Gasteiger partial charge in [0, 0.05) is 11.5 Å². The van der Waals surface area contributed by atoms with Crippen LogP contribution in [0.5, 0.6) is 0 Å². The summed E-state index contributed by atoms with van der Waals surface area (Å²) in [5.41, 5.74) is 1.95. The van der Waals surface area contributed by atoms with Crippen LogP contribution >= 0.6 is 27.5 Å². The van der Waals surface area contributed by atoms with Crippen molar-refractivity contribution in [2.24, 2.45) is 7.05 Å². The van der Waals surface area contributed by atoms with Crippen LogP contribution in [0.2, 0.25) is 0 Å². The molecule has 0 unspecified atom stereocenters. The van der Waals surface area contributed by atoms with Crippen LogP contribution in [0.25, 0.3) is 11.0 Å². The summed E-state index contributed by atoms with van der Waals surface area (Å²) in [5.74, 6) is 1.93. The highest BCUT2D eigenvalue weighted by molar-refractivity contribution is 9.10. The maximum atomic E-state index is 5.97. The molecule has 0 N–H and O–H groups in total. The number of rotatable bonds is 3. The summed E-state index contributed by atoms with van der Waals surface area (Å²) in [6.45, 7) is 0.570. The lowest BCUT2D eigenvalue weighted by Crippen LogP contribution is -2.05. The first-order valence-electron chi connectivity index (χ1n) is 5.72. The fraction of sp³-hybridized carbons (Fsp3) is 0.250. The van der Waals surface area contributed by atoms with Crippen molar-refractivity contribution < 1.29 is 0 Å². The molecule has 0 radical (unpaired) electrons. The summed E-state index contributed by atoms with van der Waals surface area (Å²) in [7, 11) is 1.85. The number of fused-ring (bicyclic) bond motifs is 1. The number of nitrogens with zero attached hydrogens (tertiary/aromatic N) is 5. The van der Waals surface area contributed by atoms with Gasteiger partial charge in [0.1, 0.15) is 12.2 Å². The lowest BCUT2D eigenvalue weighted by molar-refractivity contribution is 0.697. The number of aryl methyl sites for hydroxylation is 1. The molecule has 0 amide bonds. The van der Waals surface area contributed by atoms with Gasteiger partial charge in [-0.05, 0) is 18.2 Å². The van der Waals surface area contributed by atoms with Crippen LogP contribution in [0.1, 0.15) is 11.6 Å². The molecule has 0 fully saturated rings. The molecule has 7 heteroatoms. The second-order valence-corrected chi connectivity index (χ2v) is 5.40. The Morgan fingerprint density at radius 3 is 2.89 bits per heavy atom. The maximum Gasteiger partial charge on any atom is 0.170 e. The van der Waals surface area contributed by atoms with Gasteiger partial charge in [0.15, 0.2) is 5.82 Å². The van der Waals surface area contributed by atoms with E-state index >= 15 is 0 Å². The molecule has 0 aliphatic carbocycles. The molecular formula is C12H11BrClN5. The first-order valence-corrected chi connectivity index (χ1v) is 7.05. The molecule has 2 heterocycles. The third-order valence-electron chi connectivity index (χ3n) is 2.86. The standard InChI is InChI=1S/C12H11BrClN5/c1-18-7-15-11(17-18)6-19-10-3-2-8(13)4-9(10)16-12(19)5-14/h2-4,7H,5-6H2,1H3. The van der Waals surface area contributed by atoms with Crippen LogP contribution in [0.4, 0.5) is 0 Å². The smallest absolute Gasteiger partial charge is 0.170 e. The molecule has 0 atom stereocenters. The van der Waals surface area contributed by atoms with Crippen molar-refractivity contribution in [3.8, 4) is 0 Å². The fourth-order valence-electron chi connectivity index (χ4n) is 2.03. The molecule has 0 aliphatic rings. The Kier molecular flexibility index (Phi) is 3.28. The lowest BCUT2D eigenvalue weighted by Gasteiger charge is -2.04. The van der Waals surface area contributed by atoms with Crippen molar-refractivity contribution in [3.63, 3.8) is 0 Å². The van der Waals surface area contributed by atoms with Crippen molar-refractivity contribution in [1.29, 1.82) is 0 Å². The average Bonchev–Trinajstić information content (AvgIpc) is 2.94. The van der Waals surface area contributed by atoms with Gasteiger partial charge in [-0.15, -0.1) is 11.6 Å². The molecule has 0 aliphatic heterocycles.